The average molecular weight is 438 g/mol. The van der Waals surface area contributed by atoms with Crippen molar-refractivity contribution < 1.29 is 23.5 Å². The Balaban J connectivity index is 1.77. The van der Waals surface area contributed by atoms with E-state index in [0.29, 0.717) is 20.7 Å². The molecule has 2 N–H and O–H groups in total. The van der Waals surface area contributed by atoms with Gasteiger partial charge < -0.3 is 15.2 Å². The molecule has 0 unspecified atom stereocenters. The Morgan fingerprint density at radius 3 is 2.72 bits per heavy atom. The smallest absolute Gasteiger partial charge is 0.348 e. The van der Waals surface area contributed by atoms with Crippen molar-refractivity contribution in [3.8, 4) is 0 Å². The third-order valence-corrected chi connectivity index (χ3v) is 5.59. The van der Waals surface area contributed by atoms with E-state index in [-0.39, 0.29) is 41.9 Å². The summed E-state index contributed by atoms with van der Waals surface area (Å²) in [4.78, 5) is 33.5. The number of aromatic nitrogens is 2. The van der Waals surface area contributed by atoms with Crippen LogP contribution in [-0.4, -0.2) is 28.5 Å². The number of aryl methyl sites for hydroxylation is 1. The van der Waals surface area contributed by atoms with Crippen molar-refractivity contribution in [2.24, 2.45) is 0 Å². The summed E-state index contributed by atoms with van der Waals surface area (Å²) in [5.74, 6) is -1.39. The molecule has 152 valence electrons. The fraction of sp³-hybridized carbons (Fsp3) is 0.263. The van der Waals surface area contributed by atoms with Gasteiger partial charge in [-0.25, -0.2) is 19.2 Å². The second kappa shape index (κ2) is 8.71. The topological polar surface area (TPSA) is 104 Å². The molecule has 0 aliphatic rings. The Labute approximate surface area is 174 Å². The number of halogens is 2. The van der Waals surface area contributed by atoms with Crippen molar-refractivity contribution in [1.29, 1.82) is 0 Å². The monoisotopic (exact) mass is 437 g/mol. The number of fused-ring (bicyclic) bond motifs is 1. The Hall–Kier alpha value is -2.78. The molecule has 0 aliphatic carbocycles. The predicted octanol–water partition coefficient (Wildman–Crippen LogP) is 3.84. The number of carbonyl (C=O) groups is 2. The zero-order valence-corrected chi connectivity index (χ0v) is 17.2. The Morgan fingerprint density at radius 1 is 1.28 bits per heavy atom. The van der Waals surface area contributed by atoms with E-state index in [0.717, 1.165) is 11.3 Å². The number of nitrogen functional groups attached to an aromatic ring is 1. The third kappa shape index (κ3) is 4.46. The van der Waals surface area contributed by atoms with Crippen molar-refractivity contribution in [2.75, 3.05) is 12.3 Å². The van der Waals surface area contributed by atoms with Crippen molar-refractivity contribution in [1.82, 2.24) is 9.97 Å². The number of rotatable bonds is 6. The second-order valence-electron chi connectivity index (χ2n) is 6.02. The molecule has 0 saturated carbocycles. The first-order valence-corrected chi connectivity index (χ1v) is 9.82. The van der Waals surface area contributed by atoms with Gasteiger partial charge in [-0.2, -0.15) is 0 Å². The number of hydrogen-bond acceptors (Lipinski definition) is 8. The van der Waals surface area contributed by atoms with Gasteiger partial charge in [0.25, 0.3) is 0 Å². The molecular weight excluding hydrogens is 421 g/mol. The summed E-state index contributed by atoms with van der Waals surface area (Å²) in [7, 11) is 0. The first-order valence-electron chi connectivity index (χ1n) is 8.62. The average Bonchev–Trinajstić information content (AvgIpc) is 3.00. The number of ether oxygens (including phenoxy) is 2. The van der Waals surface area contributed by atoms with Gasteiger partial charge in [0.2, 0.25) is 0 Å². The molecule has 10 heteroatoms. The maximum Gasteiger partial charge on any atom is 0.348 e. The summed E-state index contributed by atoms with van der Waals surface area (Å²) in [6.07, 6.45) is -0.325. The number of thiophene rings is 1. The van der Waals surface area contributed by atoms with Crippen LogP contribution in [-0.2, 0) is 27.3 Å². The molecule has 2 heterocycles. The molecule has 1 aromatic carbocycles. The van der Waals surface area contributed by atoms with Crippen LogP contribution in [0.1, 0.15) is 33.5 Å². The minimum Gasteiger partial charge on any atom is -0.462 e. The highest BCUT2D eigenvalue weighted by molar-refractivity contribution is 7.20. The van der Waals surface area contributed by atoms with Crippen LogP contribution in [0.5, 0.6) is 0 Å². The molecule has 0 amide bonds. The number of benzene rings is 1. The van der Waals surface area contributed by atoms with Crippen LogP contribution in [0.2, 0.25) is 5.02 Å². The molecule has 7 nitrogen and oxygen atoms in total. The molecule has 3 rings (SSSR count). The fourth-order valence-electron chi connectivity index (χ4n) is 2.71. The van der Waals surface area contributed by atoms with Crippen LogP contribution in [0.25, 0.3) is 10.2 Å². The van der Waals surface area contributed by atoms with Crippen LogP contribution < -0.4 is 5.73 Å². The molecule has 29 heavy (non-hydrogen) atoms. The van der Waals surface area contributed by atoms with Gasteiger partial charge in [-0.15, -0.1) is 11.3 Å². The van der Waals surface area contributed by atoms with Crippen molar-refractivity contribution in [2.45, 2.75) is 26.9 Å². The lowest BCUT2D eigenvalue weighted by molar-refractivity contribution is -0.144. The lowest BCUT2D eigenvalue weighted by Crippen LogP contribution is -2.11. The third-order valence-electron chi connectivity index (χ3n) is 4.07. The predicted molar refractivity (Wildman–Crippen MR) is 107 cm³/mol. The van der Waals surface area contributed by atoms with Gasteiger partial charge in [0.15, 0.2) is 12.4 Å². The van der Waals surface area contributed by atoms with Gasteiger partial charge in [0.1, 0.15) is 21.3 Å². The van der Waals surface area contributed by atoms with Gasteiger partial charge >= 0.3 is 11.9 Å². The standard InChI is InChI=1S/C19H17ClFN3O4S/c1-3-27-19(26)16-9(2)15-17(22)23-13(24-18(15)29-16)8-28-14(25)7-10-11(20)5-4-6-12(10)21/h4-6H,3,7-8H2,1-2H3,(H2,22,23,24). The highest BCUT2D eigenvalue weighted by Crippen LogP contribution is 2.33. The first kappa shape index (κ1) is 20.9. The van der Waals surface area contributed by atoms with Crippen LogP contribution in [0, 0.1) is 12.7 Å². The lowest BCUT2D eigenvalue weighted by Gasteiger charge is -2.07. The lowest BCUT2D eigenvalue weighted by atomic mass is 10.1. The number of nitrogens with two attached hydrogens (primary N) is 1. The molecular formula is C19H17ClFN3O4S. The minimum atomic E-state index is -0.686. The van der Waals surface area contributed by atoms with E-state index in [1.807, 2.05) is 0 Å². The van der Waals surface area contributed by atoms with Gasteiger partial charge in [0.05, 0.1) is 18.4 Å². The molecule has 0 aliphatic heterocycles. The van der Waals surface area contributed by atoms with E-state index in [1.54, 1.807) is 13.8 Å². The van der Waals surface area contributed by atoms with E-state index in [1.165, 1.54) is 18.2 Å². The van der Waals surface area contributed by atoms with Crippen molar-refractivity contribution in [3.05, 3.63) is 50.9 Å². The number of esters is 2. The summed E-state index contributed by atoms with van der Waals surface area (Å²) < 4.78 is 24.0. The Bertz CT molecular complexity index is 1080. The number of carbonyl (C=O) groups excluding carboxylic acids is 2. The van der Waals surface area contributed by atoms with E-state index in [9.17, 15) is 14.0 Å². The quantitative estimate of drug-likeness (QED) is 0.584. The van der Waals surface area contributed by atoms with Gasteiger partial charge in [0, 0.05) is 10.6 Å². The van der Waals surface area contributed by atoms with Crippen LogP contribution in [0.15, 0.2) is 18.2 Å². The zero-order chi connectivity index (χ0) is 21.1. The van der Waals surface area contributed by atoms with Crippen molar-refractivity contribution >= 4 is 50.9 Å². The normalized spacial score (nSPS) is 10.9. The molecule has 0 saturated heterocycles. The Morgan fingerprint density at radius 2 is 2.03 bits per heavy atom. The molecule has 0 fully saturated rings. The molecule has 0 atom stereocenters. The van der Waals surface area contributed by atoms with Gasteiger partial charge in [-0.1, -0.05) is 17.7 Å². The van der Waals surface area contributed by atoms with E-state index < -0.39 is 17.8 Å². The second-order valence-corrected chi connectivity index (χ2v) is 7.43. The minimum absolute atomic E-state index is 0.0583. The Kier molecular flexibility index (Phi) is 6.29. The number of hydrogen-bond donors (Lipinski definition) is 1. The highest BCUT2D eigenvalue weighted by atomic mass is 35.5. The van der Waals surface area contributed by atoms with Crippen LogP contribution in [0.4, 0.5) is 10.2 Å². The summed E-state index contributed by atoms with van der Waals surface area (Å²) in [5.41, 5.74) is 6.71. The molecule has 0 bridgehead atoms. The summed E-state index contributed by atoms with van der Waals surface area (Å²) in [6.45, 7) is 3.45. The maximum atomic E-state index is 13.8. The zero-order valence-electron chi connectivity index (χ0n) is 15.6. The van der Waals surface area contributed by atoms with Crippen LogP contribution in [0.3, 0.4) is 0 Å². The fourth-order valence-corrected chi connectivity index (χ4v) is 4.04. The molecule has 2 aromatic heterocycles. The number of nitrogens with zero attached hydrogens (tertiary/aromatic N) is 2. The number of anilines is 1. The summed E-state index contributed by atoms with van der Waals surface area (Å²) in [6, 6.07) is 4.16. The van der Waals surface area contributed by atoms with Crippen molar-refractivity contribution in [3.63, 3.8) is 0 Å². The summed E-state index contributed by atoms with van der Waals surface area (Å²) in [5, 5.41) is 0.704. The van der Waals surface area contributed by atoms with E-state index in [4.69, 9.17) is 26.8 Å². The molecule has 3 aromatic rings. The first-order chi connectivity index (χ1) is 13.8. The van der Waals surface area contributed by atoms with E-state index in [2.05, 4.69) is 9.97 Å². The summed E-state index contributed by atoms with van der Waals surface area (Å²) >= 11 is 7.04. The molecule has 0 spiro atoms. The molecule has 0 radical (unpaired) electrons. The maximum absolute atomic E-state index is 13.8. The van der Waals surface area contributed by atoms with Crippen LogP contribution >= 0.6 is 22.9 Å². The van der Waals surface area contributed by atoms with Gasteiger partial charge in [-0.05, 0) is 31.5 Å². The van der Waals surface area contributed by atoms with E-state index >= 15 is 0 Å². The largest absolute Gasteiger partial charge is 0.462 e. The van der Waals surface area contributed by atoms with Gasteiger partial charge in [-0.3, -0.25) is 4.79 Å². The highest BCUT2D eigenvalue weighted by Gasteiger charge is 2.21. The SMILES string of the molecule is CCOC(=O)c1sc2nc(COC(=O)Cc3c(F)cccc3Cl)nc(N)c2c1C.